The van der Waals surface area contributed by atoms with Gasteiger partial charge in [0.25, 0.3) is 0 Å². The summed E-state index contributed by atoms with van der Waals surface area (Å²) in [5.74, 6) is -0.234. The van der Waals surface area contributed by atoms with Crippen LogP contribution in [0.2, 0.25) is 0 Å². The SMILES string of the molecule is C=CCOc1ccc2c(c1)C1C(CCCCO)C(CCCCO)C=C3C(=NOC)CC(N(C)C(=O)NCCOCCO)C(OCC=C)(O2)C31. The first-order chi connectivity index (χ1) is 23.9. The maximum Gasteiger partial charge on any atom is 0.317 e. The molecule has 1 fully saturated rings. The molecule has 12 heteroatoms. The van der Waals surface area contributed by atoms with Crippen molar-refractivity contribution in [1.82, 2.24) is 10.2 Å². The molecule has 0 bridgehead atoms. The highest BCUT2D eigenvalue weighted by atomic mass is 16.7. The van der Waals surface area contributed by atoms with E-state index in [9.17, 15) is 15.0 Å². The molecule has 272 valence electrons. The number of oxime groups is 1. The fourth-order valence-electron chi connectivity index (χ4n) is 7.75. The number of urea groups is 1. The Hall–Kier alpha value is -3.42. The van der Waals surface area contributed by atoms with E-state index in [0.29, 0.717) is 37.4 Å². The average Bonchev–Trinajstić information content (AvgIpc) is 3.11. The van der Waals surface area contributed by atoms with Crippen LogP contribution in [0.3, 0.4) is 0 Å². The van der Waals surface area contributed by atoms with Crippen molar-refractivity contribution in [3.8, 4) is 11.5 Å². The number of benzene rings is 1. The number of hydrogen-bond donors (Lipinski definition) is 4. The van der Waals surface area contributed by atoms with E-state index < -0.39 is 17.7 Å². The van der Waals surface area contributed by atoms with E-state index in [1.807, 2.05) is 18.2 Å². The van der Waals surface area contributed by atoms with Crippen molar-refractivity contribution in [2.45, 2.75) is 62.7 Å². The lowest BCUT2D eigenvalue weighted by Crippen LogP contribution is -2.70. The van der Waals surface area contributed by atoms with Crippen molar-refractivity contribution in [3.05, 3.63) is 60.7 Å². The number of unbranched alkanes of at least 4 members (excludes halogenated alkanes) is 2. The number of nitrogens with one attached hydrogen (secondary N) is 1. The highest BCUT2D eigenvalue weighted by Crippen LogP contribution is 2.61. The molecule has 6 unspecified atom stereocenters. The van der Waals surface area contributed by atoms with E-state index in [1.165, 1.54) is 7.11 Å². The Morgan fingerprint density at radius 3 is 2.53 bits per heavy atom. The van der Waals surface area contributed by atoms with E-state index in [4.69, 9.17) is 28.9 Å². The molecule has 1 saturated carbocycles. The molecule has 1 aliphatic heterocycles. The molecule has 12 nitrogen and oxygen atoms in total. The van der Waals surface area contributed by atoms with Gasteiger partial charge in [-0.3, -0.25) is 0 Å². The molecule has 1 heterocycles. The first-order valence-electron chi connectivity index (χ1n) is 17.4. The van der Waals surface area contributed by atoms with Crippen LogP contribution in [0, 0.1) is 17.8 Å². The summed E-state index contributed by atoms with van der Waals surface area (Å²) in [4.78, 5) is 20.8. The summed E-state index contributed by atoms with van der Waals surface area (Å²) in [5, 5.41) is 35.9. The second kappa shape index (κ2) is 19.1. The molecule has 49 heavy (non-hydrogen) atoms. The summed E-state index contributed by atoms with van der Waals surface area (Å²) in [6.07, 6.45) is 10.8. The third kappa shape index (κ3) is 8.85. The van der Waals surface area contributed by atoms with Gasteiger partial charge in [-0.1, -0.05) is 42.8 Å². The van der Waals surface area contributed by atoms with Gasteiger partial charge in [-0.15, -0.1) is 6.58 Å². The van der Waals surface area contributed by atoms with Crippen LogP contribution in [0.25, 0.3) is 0 Å². The number of rotatable bonds is 21. The molecule has 1 aromatic carbocycles. The van der Waals surface area contributed by atoms with Gasteiger partial charge >= 0.3 is 6.03 Å². The summed E-state index contributed by atoms with van der Waals surface area (Å²) in [5.41, 5.74) is 2.67. The number of likely N-dealkylation sites (N-methyl/N-ethyl adjacent to an activating group) is 1. The molecule has 0 saturated heterocycles. The molecule has 3 aliphatic rings. The normalized spacial score (nSPS) is 26.1. The van der Waals surface area contributed by atoms with E-state index >= 15 is 0 Å². The van der Waals surface area contributed by atoms with Crippen molar-refractivity contribution in [2.24, 2.45) is 22.9 Å². The van der Waals surface area contributed by atoms with Gasteiger partial charge in [0.15, 0.2) is 0 Å². The average molecular weight is 686 g/mol. The summed E-state index contributed by atoms with van der Waals surface area (Å²) in [7, 11) is 3.25. The van der Waals surface area contributed by atoms with Gasteiger partial charge < -0.3 is 49.3 Å². The van der Waals surface area contributed by atoms with Gasteiger partial charge in [-0.2, -0.15) is 0 Å². The monoisotopic (exact) mass is 685 g/mol. The number of nitrogens with zero attached hydrogens (tertiary/aromatic N) is 2. The van der Waals surface area contributed by atoms with Gasteiger partial charge in [0.2, 0.25) is 5.79 Å². The minimum atomic E-state index is -1.32. The standard InChI is InChI=1S/C37H55N3O9/c1-5-19-47-27-13-14-32-30(24-27)34-28(12-8-10-17-42)26(11-7-9-16-41)23-29-31(39-45-4)25-33(37(49-32,35(29)34)48-20-6-2)40(3)36(44)38-15-21-46-22-18-43/h5-6,13-14,23-24,26,28,33-35,41-43H,1-2,7-12,15-22,25H2,3-4H3,(H,38,44). The van der Waals surface area contributed by atoms with Crippen molar-refractivity contribution in [3.63, 3.8) is 0 Å². The van der Waals surface area contributed by atoms with Crippen LogP contribution in [-0.2, 0) is 14.3 Å². The zero-order chi connectivity index (χ0) is 35.2. The molecule has 2 aliphatic carbocycles. The molecular weight excluding hydrogens is 630 g/mol. The number of amides is 2. The number of fused-ring (bicyclic) bond motifs is 2. The van der Waals surface area contributed by atoms with Crippen LogP contribution in [0.5, 0.6) is 11.5 Å². The van der Waals surface area contributed by atoms with Gasteiger partial charge in [-0.05, 0) is 61.3 Å². The van der Waals surface area contributed by atoms with Gasteiger partial charge in [0.05, 0.1) is 38.1 Å². The number of ether oxygens (including phenoxy) is 4. The fourth-order valence-corrected chi connectivity index (χ4v) is 7.75. The molecule has 0 aromatic heterocycles. The molecule has 2 amide bonds. The lowest BCUT2D eigenvalue weighted by molar-refractivity contribution is -0.252. The van der Waals surface area contributed by atoms with Crippen molar-refractivity contribution >= 4 is 11.7 Å². The lowest BCUT2D eigenvalue weighted by Gasteiger charge is -2.59. The zero-order valence-corrected chi connectivity index (χ0v) is 29.1. The molecular formula is C37H55N3O9. The van der Waals surface area contributed by atoms with Crippen LogP contribution in [0.15, 0.2) is 60.3 Å². The largest absolute Gasteiger partial charge is 0.490 e. The molecule has 0 spiro atoms. The molecule has 4 rings (SSSR count). The zero-order valence-electron chi connectivity index (χ0n) is 29.1. The second-order valence-corrected chi connectivity index (χ2v) is 12.7. The quantitative estimate of drug-likeness (QED) is 0.0850. The van der Waals surface area contributed by atoms with E-state index in [-0.39, 0.29) is 70.0 Å². The number of hydrogen-bond acceptors (Lipinski definition) is 10. The van der Waals surface area contributed by atoms with Gasteiger partial charge in [0, 0.05) is 44.7 Å². The number of allylic oxidation sites excluding steroid dienone is 1. The smallest absolute Gasteiger partial charge is 0.317 e. The maximum atomic E-state index is 13.7. The van der Waals surface area contributed by atoms with Gasteiger partial charge in [0.1, 0.15) is 31.3 Å². The summed E-state index contributed by atoms with van der Waals surface area (Å²) >= 11 is 0. The van der Waals surface area contributed by atoms with Crippen LogP contribution < -0.4 is 14.8 Å². The summed E-state index contributed by atoms with van der Waals surface area (Å²) < 4.78 is 25.3. The van der Waals surface area contributed by atoms with Crippen LogP contribution >= 0.6 is 0 Å². The van der Waals surface area contributed by atoms with Crippen molar-refractivity contribution in [2.75, 3.05) is 67.0 Å². The number of carbonyl (C=O) groups excluding carboxylic acids is 1. The first-order valence-corrected chi connectivity index (χ1v) is 17.4. The topological polar surface area (TPSA) is 152 Å². The maximum absolute atomic E-state index is 13.7. The fraction of sp³-hybridized carbons (Fsp3) is 0.622. The molecule has 6 atom stereocenters. The third-order valence-electron chi connectivity index (χ3n) is 9.76. The van der Waals surface area contributed by atoms with Crippen LogP contribution in [0.1, 0.15) is 56.4 Å². The third-order valence-corrected chi connectivity index (χ3v) is 9.76. The predicted octanol–water partition coefficient (Wildman–Crippen LogP) is 4.17. The van der Waals surface area contributed by atoms with Crippen LogP contribution in [-0.4, -0.2) is 111 Å². The highest BCUT2D eigenvalue weighted by molar-refractivity contribution is 6.03. The van der Waals surface area contributed by atoms with Gasteiger partial charge in [-0.25, -0.2) is 4.79 Å². The second-order valence-electron chi connectivity index (χ2n) is 12.7. The Morgan fingerprint density at radius 1 is 1.08 bits per heavy atom. The molecule has 0 radical (unpaired) electrons. The Balaban J connectivity index is 1.91. The molecule has 1 aromatic rings. The van der Waals surface area contributed by atoms with E-state index in [0.717, 1.165) is 42.5 Å². The Labute approximate surface area is 290 Å². The lowest BCUT2D eigenvalue weighted by atomic mass is 9.55. The first kappa shape index (κ1) is 38.4. The minimum Gasteiger partial charge on any atom is -0.490 e. The Morgan fingerprint density at radius 2 is 1.84 bits per heavy atom. The van der Waals surface area contributed by atoms with Crippen molar-refractivity contribution in [1.29, 1.82) is 0 Å². The Kier molecular flexibility index (Phi) is 15.0. The highest BCUT2D eigenvalue weighted by Gasteiger charge is 2.65. The molecule has 4 N–H and O–H groups in total. The number of aliphatic hydroxyl groups excluding tert-OH is 3. The summed E-state index contributed by atoms with van der Waals surface area (Å²) in [6, 6.07) is 4.88. The predicted molar refractivity (Wildman–Crippen MR) is 187 cm³/mol. The Bertz CT molecular complexity index is 1300. The van der Waals surface area contributed by atoms with Crippen LogP contribution in [0.4, 0.5) is 4.79 Å². The summed E-state index contributed by atoms with van der Waals surface area (Å²) in [6.45, 7) is 9.12. The number of carbonyl (C=O) groups is 1. The van der Waals surface area contributed by atoms with E-state index in [1.54, 1.807) is 24.1 Å². The van der Waals surface area contributed by atoms with E-state index in [2.05, 4.69) is 29.7 Å². The van der Waals surface area contributed by atoms with Crippen molar-refractivity contribution < 1.29 is 43.9 Å². The number of aliphatic hydroxyl groups is 3. The minimum absolute atomic E-state index is 0.0942.